The number of nitrogens with zero attached hydrogens (tertiary/aromatic N) is 4. The Labute approximate surface area is 183 Å². The Hall–Kier alpha value is -4.01. The Bertz CT molecular complexity index is 1310. The van der Waals surface area contributed by atoms with Gasteiger partial charge in [0.25, 0.3) is 5.91 Å². The number of carbonyl (C=O) groups is 2. The Kier molecular flexibility index (Phi) is 4.93. The predicted molar refractivity (Wildman–Crippen MR) is 116 cm³/mol. The molecule has 0 radical (unpaired) electrons. The van der Waals surface area contributed by atoms with Crippen molar-refractivity contribution >= 4 is 28.7 Å². The van der Waals surface area contributed by atoms with E-state index in [1.54, 1.807) is 30.5 Å². The second kappa shape index (κ2) is 7.92. The smallest absolute Gasteiger partial charge is 0.278 e. The molecule has 0 fully saturated rings. The third kappa shape index (κ3) is 3.41. The van der Waals surface area contributed by atoms with E-state index in [1.807, 2.05) is 16.6 Å². The van der Waals surface area contributed by atoms with Crippen molar-refractivity contribution in [3.63, 3.8) is 0 Å². The molecule has 1 aromatic carbocycles. The highest BCUT2D eigenvalue weighted by Crippen LogP contribution is 2.33. The molecule has 1 aliphatic carbocycles. The number of imidazole rings is 1. The van der Waals surface area contributed by atoms with Gasteiger partial charge in [0.05, 0.1) is 30.3 Å². The zero-order valence-electron chi connectivity index (χ0n) is 17.3. The Morgan fingerprint density at radius 3 is 2.81 bits per heavy atom. The van der Waals surface area contributed by atoms with E-state index >= 15 is 0 Å². The van der Waals surface area contributed by atoms with Crippen LogP contribution < -0.4 is 15.0 Å². The number of hydrogen-bond donors (Lipinski definition) is 1. The molecule has 0 saturated carbocycles. The van der Waals surface area contributed by atoms with Crippen LogP contribution in [0, 0.1) is 5.82 Å². The summed E-state index contributed by atoms with van der Waals surface area (Å²) in [4.78, 5) is 35.3. The van der Waals surface area contributed by atoms with Gasteiger partial charge in [-0.25, -0.2) is 14.4 Å². The van der Waals surface area contributed by atoms with Gasteiger partial charge in [-0.05, 0) is 30.5 Å². The van der Waals surface area contributed by atoms with Crippen LogP contribution in [0.25, 0.3) is 11.2 Å². The van der Waals surface area contributed by atoms with Crippen LogP contribution in [-0.2, 0) is 4.79 Å². The number of amides is 2. The van der Waals surface area contributed by atoms with Gasteiger partial charge in [-0.2, -0.15) is 0 Å². The van der Waals surface area contributed by atoms with Gasteiger partial charge in [0.15, 0.2) is 5.65 Å². The average Bonchev–Trinajstić information content (AvgIpc) is 3.26. The average molecular weight is 433 g/mol. The van der Waals surface area contributed by atoms with Gasteiger partial charge in [-0.15, -0.1) is 0 Å². The van der Waals surface area contributed by atoms with Crippen molar-refractivity contribution in [1.29, 1.82) is 0 Å². The van der Waals surface area contributed by atoms with Gasteiger partial charge >= 0.3 is 0 Å². The number of likely N-dealkylation sites (N-methyl/N-ethyl adjacent to an activating group) is 1. The lowest BCUT2D eigenvalue weighted by Crippen LogP contribution is -2.38. The molecule has 2 amide bonds. The van der Waals surface area contributed by atoms with E-state index in [1.165, 1.54) is 18.2 Å². The number of aromatic nitrogens is 3. The van der Waals surface area contributed by atoms with E-state index in [0.29, 0.717) is 36.5 Å². The summed E-state index contributed by atoms with van der Waals surface area (Å²) >= 11 is 0. The molecule has 3 heterocycles. The van der Waals surface area contributed by atoms with Crippen LogP contribution in [0.4, 0.5) is 10.1 Å². The van der Waals surface area contributed by atoms with Gasteiger partial charge < -0.3 is 15.0 Å². The maximum Gasteiger partial charge on any atom is 0.278 e. The molecule has 2 aliphatic rings. The molecule has 162 valence electrons. The fraction of sp³-hybridized carbons (Fsp3) is 0.217. The number of hydrogen-bond acceptors (Lipinski definition) is 5. The molecule has 0 bridgehead atoms. The van der Waals surface area contributed by atoms with E-state index in [9.17, 15) is 14.0 Å². The fourth-order valence-electron chi connectivity index (χ4n) is 3.98. The maximum atomic E-state index is 13.6. The molecule has 5 rings (SSSR count). The molecular weight excluding hydrogens is 413 g/mol. The van der Waals surface area contributed by atoms with Crippen LogP contribution in [0.15, 0.2) is 54.5 Å². The Morgan fingerprint density at radius 1 is 1.16 bits per heavy atom. The summed E-state index contributed by atoms with van der Waals surface area (Å²) in [5.41, 5.74) is 3.95. The minimum Gasteiger partial charge on any atom is -0.489 e. The molecule has 1 N–H and O–H groups in total. The highest BCUT2D eigenvalue weighted by atomic mass is 19.1. The minimum absolute atomic E-state index is 0.0822. The summed E-state index contributed by atoms with van der Waals surface area (Å²) in [6.45, 7) is 0.611. The second-order valence-corrected chi connectivity index (χ2v) is 7.52. The predicted octanol–water partition coefficient (Wildman–Crippen LogP) is 2.76. The molecule has 0 saturated heterocycles. The first-order valence-electron chi connectivity index (χ1n) is 10.2. The largest absolute Gasteiger partial charge is 0.489 e. The standard InChI is InChI=1S/C23H20FN5O3/c1-25-22(30)15-4-2-14(3-5-15)19-11-27-21-12-26-17(13-29(19)21)23(31)28-8-9-32-20-10-16(24)6-7-18(20)28/h2,4,6-7,10-13H,3,5,8-9H2,1H3,(H,25,30). The van der Waals surface area contributed by atoms with Crippen molar-refractivity contribution in [2.75, 3.05) is 25.1 Å². The number of carbonyl (C=O) groups excluding carboxylic acids is 2. The number of allylic oxidation sites excluding steroid dienone is 3. The van der Waals surface area contributed by atoms with Crippen LogP contribution in [0.2, 0.25) is 0 Å². The summed E-state index contributed by atoms with van der Waals surface area (Å²) in [5.74, 6) is -0.474. The highest BCUT2D eigenvalue weighted by molar-refractivity contribution is 6.05. The normalized spacial score (nSPS) is 15.5. The van der Waals surface area contributed by atoms with E-state index in [4.69, 9.17) is 4.74 Å². The van der Waals surface area contributed by atoms with Crippen molar-refractivity contribution in [3.8, 4) is 5.75 Å². The van der Waals surface area contributed by atoms with Gasteiger partial charge in [0.1, 0.15) is 23.9 Å². The highest BCUT2D eigenvalue weighted by Gasteiger charge is 2.26. The van der Waals surface area contributed by atoms with Crippen LogP contribution in [0.5, 0.6) is 5.75 Å². The lowest BCUT2D eigenvalue weighted by Gasteiger charge is -2.29. The summed E-state index contributed by atoms with van der Waals surface area (Å²) in [6, 6.07) is 4.11. The van der Waals surface area contributed by atoms with E-state index < -0.39 is 5.82 Å². The number of halogens is 1. The molecule has 0 spiro atoms. The Morgan fingerprint density at radius 2 is 2.03 bits per heavy atom. The molecule has 1 aliphatic heterocycles. The van der Waals surface area contributed by atoms with Crippen LogP contribution in [0.1, 0.15) is 29.0 Å². The van der Waals surface area contributed by atoms with Crippen LogP contribution >= 0.6 is 0 Å². The first kappa shape index (κ1) is 19.9. The van der Waals surface area contributed by atoms with Crippen molar-refractivity contribution in [3.05, 3.63) is 71.7 Å². The summed E-state index contributed by atoms with van der Waals surface area (Å²) in [7, 11) is 1.61. The second-order valence-electron chi connectivity index (χ2n) is 7.52. The van der Waals surface area contributed by atoms with Crippen LogP contribution in [-0.4, -0.2) is 46.4 Å². The molecule has 3 aromatic rings. The Balaban J connectivity index is 1.49. The number of rotatable bonds is 3. The van der Waals surface area contributed by atoms with E-state index in [2.05, 4.69) is 15.3 Å². The molecule has 2 aromatic heterocycles. The summed E-state index contributed by atoms with van der Waals surface area (Å²) in [5, 5.41) is 2.64. The van der Waals surface area contributed by atoms with Crippen molar-refractivity contribution in [1.82, 2.24) is 19.7 Å². The molecule has 9 heteroatoms. The number of benzene rings is 1. The topological polar surface area (TPSA) is 88.8 Å². The first-order chi connectivity index (χ1) is 15.5. The van der Waals surface area contributed by atoms with Gasteiger partial charge in [-0.1, -0.05) is 12.2 Å². The zero-order chi connectivity index (χ0) is 22.2. The quantitative estimate of drug-likeness (QED) is 0.686. The number of ether oxygens (including phenoxy) is 1. The van der Waals surface area contributed by atoms with Crippen LogP contribution in [0.3, 0.4) is 0 Å². The molecule has 0 atom stereocenters. The minimum atomic E-state index is -0.421. The van der Waals surface area contributed by atoms with Crippen molar-refractivity contribution in [2.24, 2.45) is 0 Å². The summed E-state index contributed by atoms with van der Waals surface area (Å²) < 4.78 is 20.9. The monoisotopic (exact) mass is 433 g/mol. The van der Waals surface area contributed by atoms with Crippen molar-refractivity contribution in [2.45, 2.75) is 12.8 Å². The SMILES string of the molecule is CNC(=O)C1=CC=C(c2cnc3cnc(C(=O)N4CCOc5cc(F)ccc54)cn23)CC1. The molecule has 0 unspecified atom stereocenters. The van der Waals surface area contributed by atoms with Crippen molar-refractivity contribution < 1.29 is 18.7 Å². The zero-order valence-corrected chi connectivity index (χ0v) is 17.3. The third-order valence-electron chi connectivity index (χ3n) is 5.64. The molecule has 8 nitrogen and oxygen atoms in total. The number of fused-ring (bicyclic) bond motifs is 2. The lowest BCUT2D eigenvalue weighted by atomic mass is 9.96. The number of nitrogens with one attached hydrogen (secondary N) is 1. The third-order valence-corrected chi connectivity index (χ3v) is 5.64. The van der Waals surface area contributed by atoms with Gasteiger partial charge in [0, 0.05) is 24.9 Å². The lowest BCUT2D eigenvalue weighted by molar-refractivity contribution is -0.117. The van der Waals surface area contributed by atoms with Gasteiger partial charge in [0.2, 0.25) is 5.91 Å². The molecular formula is C23H20FN5O3. The van der Waals surface area contributed by atoms with E-state index in [-0.39, 0.29) is 24.1 Å². The van der Waals surface area contributed by atoms with Gasteiger partial charge in [-0.3, -0.25) is 14.0 Å². The fourth-order valence-corrected chi connectivity index (χ4v) is 3.98. The summed E-state index contributed by atoms with van der Waals surface area (Å²) in [6.07, 6.45) is 9.98. The van der Waals surface area contributed by atoms with E-state index in [0.717, 1.165) is 16.8 Å². The molecule has 32 heavy (non-hydrogen) atoms. The number of anilines is 1. The maximum absolute atomic E-state index is 13.6. The first-order valence-corrected chi connectivity index (χ1v) is 10.2.